The highest BCUT2D eigenvalue weighted by Crippen LogP contribution is 2.16. The zero-order valence-corrected chi connectivity index (χ0v) is 11.7. The highest BCUT2D eigenvalue weighted by atomic mass is 16.5. The lowest BCUT2D eigenvalue weighted by Gasteiger charge is -2.12. The van der Waals surface area contributed by atoms with Gasteiger partial charge in [0.15, 0.2) is 0 Å². The van der Waals surface area contributed by atoms with Gasteiger partial charge in [-0.3, -0.25) is 4.79 Å². The molecule has 0 aliphatic rings. The van der Waals surface area contributed by atoms with Crippen LogP contribution in [0.2, 0.25) is 0 Å². The summed E-state index contributed by atoms with van der Waals surface area (Å²) in [6.45, 7) is 3.56. The van der Waals surface area contributed by atoms with Crippen molar-refractivity contribution in [3.05, 3.63) is 36.2 Å². The van der Waals surface area contributed by atoms with Gasteiger partial charge in [0.1, 0.15) is 6.04 Å². The predicted molar refractivity (Wildman–Crippen MR) is 73.3 cm³/mol. The zero-order valence-electron chi connectivity index (χ0n) is 11.7. The van der Waals surface area contributed by atoms with Gasteiger partial charge < -0.3 is 14.5 Å². The Morgan fingerprint density at radius 2 is 2.05 bits per heavy atom. The predicted octanol–water partition coefficient (Wildman–Crippen LogP) is 1.42. The first kappa shape index (κ1) is 14.7. The topological polar surface area (TPSA) is 94.3 Å². The van der Waals surface area contributed by atoms with E-state index in [1.807, 2.05) is 0 Å². The van der Waals surface area contributed by atoms with Gasteiger partial charge in [-0.15, -0.1) is 10.2 Å². The summed E-state index contributed by atoms with van der Waals surface area (Å²) in [5.74, 6) is -0.442. The van der Waals surface area contributed by atoms with Gasteiger partial charge in [-0.25, -0.2) is 4.79 Å². The summed E-state index contributed by atoms with van der Waals surface area (Å²) in [4.78, 5) is 23.4. The highest BCUT2D eigenvalue weighted by Gasteiger charge is 2.17. The van der Waals surface area contributed by atoms with E-state index in [4.69, 9.17) is 9.15 Å². The van der Waals surface area contributed by atoms with E-state index < -0.39 is 12.0 Å². The van der Waals surface area contributed by atoms with Gasteiger partial charge in [-0.1, -0.05) is 0 Å². The summed E-state index contributed by atoms with van der Waals surface area (Å²) in [6.07, 6.45) is 1.23. The highest BCUT2D eigenvalue weighted by molar-refractivity contribution is 5.96. The molecule has 1 N–H and O–H groups in total. The number of esters is 1. The summed E-state index contributed by atoms with van der Waals surface area (Å²) < 4.78 is 9.89. The van der Waals surface area contributed by atoms with Crippen molar-refractivity contribution in [3.63, 3.8) is 0 Å². The van der Waals surface area contributed by atoms with Crippen LogP contribution in [0.15, 0.2) is 35.1 Å². The lowest BCUT2D eigenvalue weighted by Crippen LogP contribution is -2.39. The Kier molecular flexibility index (Phi) is 4.65. The Hall–Kier alpha value is -2.70. The van der Waals surface area contributed by atoms with Crippen LogP contribution in [0.25, 0.3) is 11.5 Å². The number of hydrogen-bond acceptors (Lipinski definition) is 6. The van der Waals surface area contributed by atoms with Crippen molar-refractivity contribution < 1.29 is 18.7 Å². The van der Waals surface area contributed by atoms with Gasteiger partial charge in [-0.2, -0.15) is 0 Å². The number of carbonyl (C=O) groups excluding carboxylic acids is 2. The normalized spacial score (nSPS) is 11.7. The Morgan fingerprint density at radius 3 is 2.62 bits per heavy atom. The second-order valence-electron chi connectivity index (χ2n) is 4.27. The molecule has 2 rings (SSSR count). The van der Waals surface area contributed by atoms with Crippen LogP contribution < -0.4 is 5.32 Å². The fraction of sp³-hybridized carbons (Fsp3) is 0.286. The van der Waals surface area contributed by atoms with Crippen LogP contribution >= 0.6 is 0 Å². The molecule has 0 bridgehead atoms. The lowest BCUT2D eigenvalue weighted by atomic mass is 10.1. The minimum Gasteiger partial charge on any atom is -0.464 e. The van der Waals surface area contributed by atoms with E-state index in [-0.39, 0.29) is 12.5 Å². The molecule has 7 heteroatoms. The zero-order chi connectivity index (χ0) is 15.2. The van der Waals surface area contributed by atoms with Crippen LogP contribution in [0.5, 0.6) is 0 Å². The minimum atomic E-state index is -0.701. The third-order valence-corrected chi connectivity index (χ3v) is 2.74. The maximum Gasteiger partial charge on any atom is 0.328 e. The number of carbonyl (C=O) groups is 2. The molecule has 7 nitrogen and oxygen atoms in total. The number of benzene rings is 1. The SMILES string of the molecule is CCOC(=O)C(C)NC(=O)c1ccc(-c2nnco2)cc1. The largest absolute Gasteiger partial charge is 0.464 e. The van der Waals surface area contributed by atoms with Gasteiger partial charge in [-0.05, 0) is 38.1 Å². The average Bonchev–Trinajstić information content (AvgIpc) is 3.01. The molecule has 110 valence electrons. The third-order valence-electron chi connectivity index (χ3n) is 2.74. The third kappa shape index (κ3) is 3.65. The second kappa shape index (κ2) is 6.65. The quantitative estimate of drug-likeness (QED) is 0.836. The summed E-state index contributed by atoms with van der Waals surface area (Å²) in [7, 11) is 0. The van der Waals surface area contributed by atoms with Crippen LogP contribution in [0.4, 0.5) is 0 Å². The van der Waals surface area contributed by atoms with Gasteiger partial charge >= 0.3 is 5.97 Å². The van der Waals surface area contributed by atoms with E-state index in [0.29, 0.717) is 17.0 Å². The number of rotatable bonds is 5. The molecule has 0 spiro atoms. The molecular formula is C14H15N3O4. The number of aromatic nitrogens is 2. The number of nitrogens with one attached hydrogen (secondary N) is 1. The molecule has 0 radical (unpaired) electrons. The molecule has 1 atom stereocenters. The van der Waals surface area contributed by atoms with Crippen molar-refractivity contribution >= 4 is 11.9 Å². The van der Waals surface area contributed by atoms with Gasteiger partial charge in [0, 0.05) is 11.1 Å². The number of ether oxygens (including phenoxy) is 1. The first-order chi connectivity index (χ1) is 10.1. The summed E-state index contributed by atoms with van der Waals surface area (Å²) in [6, 6.07) is 5.92. The molecule has 0 aliphatic carbocycles. The first-order valence-electron chi connectivity index (χ1n) is 6.46. The Balaban J connectivity index is 2.02. The Morgan fingerprint density at radius 1 is 1.33 bits per heavy atom. The van der Waals surface area contributed by atoms with Gasteiger partial charge in [0.2, 0.25) is 12.3 Å². The van der Waals surface area contributed by atoms with Crippen molar-refractivity contribution in [2.45, 2.75) is 19.9 Å². The maximum absolute atomic E-state index is 12.0. The molecule has 0 saturated carbocycles. The van der Waals surface area contributed by atoms with Crippen molar-refractivity contribution in [2.75, 3.05) is 6.61 Å². The molecule has 1 heterocycles. The smallest absolute Gasteiger partial charge is 0.328 e. The number of hydrogen-bond donors (Lipinski definition) is 1. The summed E-state index contributed by atoms with van der Waals surface area (Å²) >= 11 is 0. The van der Waals surface area contributed by atoms with E-state index in [1.165, 1.54) is 6.39 Å². The Bertz CT molecular complexity index is 608. The molecule has 0 saturated heterocycles. The molecule has 0 fully saturated rings. The van der Waals surface area contributed by atoms with Crippen LogP contribution in [0, 0.1) is 0 Å². The molecule has 0 aliphatic heterocycles. The minimum absolute atomic E-state index is 0.276. The number of amides is 1. The lowest BCUT2D eigenvalue weighted by molar-refractivity contribution is -0.144. The second-order valence-corrected chi connectivity index (χ2v) is 4.27. The molecule has 2 aromatic rings. The molecule has 1 aromatic carbocycles. The standard InChI is InChI=1S/C14H15N3O4/c1-3-20-14(19)9(2)16-12(18)10-4-6-11(7-5-10)13-17-15-8-21-13/h4-9H,3H2,1-2H3,(H,16,18). The molecular weight excluding hydrogens is 274 g/mol. The Labute approximate surface area is 121 Å². The molecule has 1 amide bonds. The van der Waals surface area contributed by atoms with Crippen LogP contribution in [-0.4, -0.2) is 34.7 Å². The van der Waals surface area contributed by atoms with Crippen LogP contribution in [0.3, 0.4) is 0 Å². The fourth-order valence-corrected chi connectivity index (χ4v) is 1.67. The van der Waals surface area contributed by atoms with Crippen molar-refractivity contribution in [2.24, 2.45) is 0 Å². The van der Waals surface area contributed by atoms with Crippen LogP contribution in [0.1, 0.15) is 24.2 Å². The van der Waals surface area contributed by atoms with Crippen molar-refractivity contribution in [3.8, 4) is 11.5 Å². The molecule has 1 aromatic heterocycles. The van der Waals surface area contributed by atoms with Crippen molar-refractivity contribution in [1.82, 2.24) is 15.5 Å². The summed E-state index contributed by atoms with van der Waals surface area (Å²) in [5, 5.41) is 9.93. The molecule has 1 unspecified atom stereocenters. The van der Waals surface area contributed by atoms with Gasteiger partial charge in [0.25, 0.3) is 5.91 Å². The monoisotopic (exact) mass is 289 g/mol. The van der Waals surface area contributed by atoms with E-state index in [0.717, 1.165) is 0 Å². The first-order valence-corrected chi connectivity index (χ1v) is 6.46. The average molecular weight is 289 g/mol. The van der Waals surface area contributed by atoms with E-state index in [9.17, 15) is 9.59 Å². The molecule has 21 heavy (non-hydrogen) atoms. The van der Waals surface area contributed by atoms with E-state index in [2.05, 4.69) is 15.5 Å². The summed E-state index contributed by atoms with van der Waals surface area (Å²) in [5.41, 5.74) is 1.14. The van der Waals surface area contributed by atoms with E-state index >= 15 is 0 Å². The van der Waals surface area contributed by atoms with E-state index in [1.54, 1.807) is 38.1 Å². The van der Waals surface area contributed by atoms with Crippen LogP contribution in [-0.2, 0) is 9.53 Å². The van der Waals surface area contributed by atoms with Gasteiger partial charge in [0.05, 0.1) is 6.61 Å². The maximum atomic E-state index is 12.0. The fourth-order valence-electron chi connectivity index (χ4n) is 1.67. The van der Waals surface area contributed by atoms with Crippen molar-refractivity contribution in [1.29, 1.82) is 0 Å². The number of nitrogens with zero attached hydrogens (tertiary/aromatic N) is 2.